The maximum Gasteiger partial charge on any atom is 0.331 e. The van der Waals surface area contributed by atoms with Gasteiger partial charge < -0.3 is 10.0 Å². The standard InChI is InChI=1S/C14H21N3O4/c1-9(2)8-17(7-5-6-15)14(21)16-12(18)10(3)11(4)13(19)20/h9H,5,7-8H2,1-4H3,(H,19,20)(H,16,18,21). The number of imide groups is 1. The van der Waals surface area contributed by atoms with Crippen LogP contribution in [0.1, 0.15) is 34.1 Å². The number of carbonyl (C=O) groups excluding carboxylic acids is 2. The number of carboxylic acids is 1. The minimum Gasteiger partial charge on any atom is -0.478 e. The molecule has 0 bridgehead atoms. The van der Waals surface area contributed by atoms with Crippen LogP contribution in [0.2, 0.25) is 0 Å². The zero-order valence-electron chi connectivity index (χ0n) is 12.8. The van der Waals surface area contributed by atoms with Gasteiger partial charge in [0.2, 0.25) is 0 Å². The third kappa shape index (κ3) is 6.56. The third-order valence-electron chi connectivity index (χ3n) is 2.81. The van der Waals surface area contributed by atoms with Crippen molar-refractivity contribution in [2.75, 3.05) is 13.1 Å². The van der Waals surface area contributed by atoms with Gasteiger partial charge in [-0.2, -0.15) is 5.26 Å². The number of nitriles is 1. The van der Waals surface area contributed by atoms with E-state index < -0.39 is 17.9 Å². The highest BCUT2D eigenvalue weighted by atomic mass is 16.4. The Kier molecular flexibility index (Phi) is 7.76. The Morgan fingerprint density at radius 2 is 1.81 bits per heavy atom. The Bertz CT molecular complexity index is 489. The van der Waals surface area contributed by atoms with Gasteiger partial charge in [0.05, 0.1) is 12.5 Å². The molecule has 3 amide bonds. The van der Waals surface area contributed by atoms with Crippen LogP contribution in [0.3, 0.4) is 0 Å². The maximum atomic E-state index is 12.0. The molecule has 7 nitrogen and oxygen atoms in total. The van der Waals surface area contributed by atoms with Gasteiger partial charge in [-0.05, 0) is 19.8 Å². The predicted octanol–water partition coefficient (Wildman–Crippen LogP) is 1.52. The zero-order chi connectivity index (χ0) is 16.6. The fourth-order valence-corrected chi connectivity index (χ4v) is 1.50. The normalized spacial score (nSPS) is 11.4. The van der Waals surface area contributed by atoms with Crippen LogP contribution >= 0.6 is 0 Å². The highest BCUT2D eigenvalue weighted by Crippen LogP contribution is 2.05. The van der Waals surface area contributed by atoms with E-state index in [1.54, 1.807) is 0 Å². The van der Waals surface area contributed by atoms with Crippen LogP contribution in [0.25, 0.3) is 0 Å². The minimum absolute atomic E-state index is 0.0272. The molecule has 0 rings (SSSR count). The first kappa shape index (κ1) is 18.6. The number of hydrogen-bond donors (Lipinski definition) is 2. The summed E-state index contributed by atoms with van der Waals surface area (Å²) in [5, 5.41) is 19.5. The molecule has 0 fully saturated rings. The number of rotatable bonds is 6. The van der Waals surface area contributed by atoms with Gasteiger partial charge in [-0.15, -0.1) is 0 Å². The molecule has 0 saturated carbocycles. The van der Waals surface area contributed by atoms with Crippen molar-refractivity contribution < 1.29 is 19.5 Å². The van der Waals surface area contributed by atoms with Gasteiger partial charge in [-0.3, -0.25) is 10.1 Å². The minimum atomic E-state index is -1.21. The van der Waals surface area contributed by atoms with Crippen molar-refractivity contribution in [2.45, 2.75) is 34.1 Å². The topological polar surface area (TPSA) is 110 Å². The summed E-state index contributed by atoms with van der Waals surface area (Å²) in [5.74, 6) is -1.77. The number of carboxylic acid groups (broad SMARTS) is 1. The molecule has 2 N–H and O–H groups in total. The smallest absolute Gasteiger partial charge is 0.331 e. The van der Waals surface area contributed by atoms with E-state index in [1.807, 2.05) is 19.9 Å². The van der Waals surface area contributed by atoms with Crippen LogP contribution in [0.4, 0.5) is 4.79 Å². The average molecular weight is 295 g/mol. The summed E-state index contributed by atoms with van der Waals surface area (Å²) in [4.78, 5) is 36.0. The van der Waals surface area contributed by atoms with Gasteiger partial charge in [0.1, 0.15) is 0 Å². The van der Waals surface area contributed by atoms with Gasteiger partial charge in [0.25, 0.3) is 5.91 Å². The largest absolute Gasteiger partial charge is 0.478 e. The lowest BCUT2D eigenvalue weighted by Gasteiger charge is -2.23. The van der Waals surface area contributed by atoms with E-state index in [0.29, 0.717) is 6.54 Å². The number of urea groups is 1. The van der Waals surface area contributed by atoms with E-state index >= 15 is 0 Å². The van der Waals surface area contributed by atoms with Crippen LogP contribution in [0.15, 0.2) is 11.1 Å². The Balaban J connectivity index is 4.90. The quantitative estimate of drug-likeness (QED) is 0.722. The van der Waals surface area contributed by atoms with E-state index in [9.17, 15) is 14.4 Å². The molecule has 116 valence electrons. The van der Waals surface area contributed by atoms with Gasteiger partial charge in [-0.1, -0.05) is 13.8 Å². The molecule has 0 radical (unpaired) electrons. The summed E-state index contributed by atoms with van der Waals surface area (Å²) >= 11 is 0. The van der Waals surface area contributed by atoms with Crippen LogP contribution < -0.4 is 5.32 Å². The fourth-order valence-electron chi connectivity index (χ4n) is 1.50. The van der Waals surface area contributed by atoms with Crippen molar-refractivity contribution in [2.24, 2.45) is 5.92 Å². The lowest BCUT2D eigenvalue weighted by molar-refractivity contribution is -0.133. The second-order valence-electron chi connectivity index (χ2n) is 5.06. The lowest BCUT2D eigenvalue weighted by Crippen LogP contribution is -2.45. The van der Waals surface area contributed by atoms with Crippen LogP contribution in [-0.2, 0) is 9.59 Å². The summed E-state index contributed by atoms with van der Waals surface area (Å²) in [6, 6.07) is 1.32. The Morgan fingerprint density at radius 3 is 2.24 bits per heavy atom. The zero-order valence-corrected chi connectivity index (χ0v) is 12.8. The monoisotopic (exact) mass is 295 g/mol. The molecule has 0 aliphatic carbocycles. The predicted molar refractivity (Wildman–Crippen MR) is 76.2 cm³/mol. The molecular formula is C14H21N3O4. The van der Waals surface area contributed by atoms with Crippen LogP contribution in [0, 0.1) is 17.2 Å². The summed E-state index contributed by atoms with van der Waals surface area (Å²) in [6.45, 7) is 7.08. The van der Waals surface area contributed by atoms with Gasteiger partial charge in [0, 0.05) is 24.2 Å². The van der Waals surface area contributed by atoms with E-state index in [0.717, 1.165) is 0 Å². The molecule has 0 aromatic heterocycles. The third-order valence-corrected chi connectivity index (χ3v) is 2.81. The van der Waals surface area contributed by atoms with E-state index in [-0.39, 0.29) is 30.0 Å². The molecule has 0 saturated heterocycles. The Hall–Kier alpha value is -2.36. The SMILES string of the molecule is CC(C(=O)O)=C(C)C(=O)NC(=O)N(CCC#N)CC(C)C. The highest BCUT2D eigenvalue weighted by molar-refractivity contribution is 6.07. The molecule has 0 spiro atoms. The number of aliphatic carboxylic acids is 1. The van der Waals surface area contributed by atoms with Crippen molar-refractivity contribution in [1.82, 2.24) is 10.2 Å². The van der Waals surface area contributed by atoms with E-state index in [4.69, 9.17) is 10.4 Å². The first-order valence-corrected chi connectivity index (χ1v) is 6.58. The molecule has 0 aromatic rings. The molecule has 0 heterocycles. The van der Waals surface area contributed by atoms with Crippen molar-refractivity contribution in [3.8, 4) is 6.07 Å². The van der Waals surface area contributed by atoms with Crippen molar-refractivity contribution in [3.63, 3.8) is 0 Å². The molecule has 0 aliphatic heterocycles. The molecule has 7 heteroatoms. The first-order chi connectivity index (χ1) is 9.70. The molecule has 0 unspecified atom stereocenters. The average Bonchev–Trinajstić information content (AvgIpc) is 2.40. The number of amides is 3. The van der Waals surface area contributed by atoms with Gasteiger partial charge in [-0.25, -0.2) is 9.59 Å². The number of nitrogens with zero attached hydrogens (tertiary/aromatic N) is 2. The van der Waals surface area contributed by atoms with Crippen molar-refractivity contribution in [3.05, 3.63) is 11.1 Å². The summed E-state index contributed by atoms with van der Waals surface area (Å²) in [5.41, 5.74) is -0.145. The summed E-state index contributed by atoms with van der Waals surface area (Å²) < 4.78 is 0. The molecule has 21 heavy (non-hydrogen) atoms. The van der Waals surface area contributed by atoms with Crippen LogP contribution in [-0.4, -0.2) is 41.0 Å². The summed E-state index contributed by atoms with van der Waals surface area (Å²) in [7, 11) is 0. The van der Waals surface area contributed by atoms with Crippen molar-refractivity contribution >= 4 is 17.9 Å². The van der Waals surface area contributed by atoms with Gasteiger partial charge >= 0.3 is 12.0 Å². The van der Waals surface area contributed by atoms with Crippen molar-refractivity contribution in [1.29, 1.82) is 5.26 Å². The van der Waals surface area contributed by atoms with E-state index in [1.165, 1.54) is 18.7 Å². The number of nitrogens with one attached hydrogen (secondary N) is 1. The number of carbonyl (C=O) groups is 3. The second-order valence-corrected chi connectivity index (χ2v) is 5.06. The first-order valence-electron chi connectivity index (χ1n) is 6.58. The number of hydrogen-bond acceptors (Lipinski definition) is 4. The second kappa shape index (κ2) is 8.74. The Morgan fingerprint density at radius 1 is 1.24 bits per heavy atom. The molecule has 0 aliphatic rings. The maximum absolute atomic E-state index is 12.0. The van der Waals surface area contributed by atoms with E-state index in [2.05, 4.69) is 5.32 Å². The Labute approximate surface area is 124 Å². The molecular weight excluding hydrogens is 274 g/mol. The molecule has 0 aromatic carbocycles. The molecule has 0 atom stereocenters. The van der Waals surface area contributed by atoms with Crippen LogP contribution in [0.5, 0.6) is 0 Å². The van der Waals surface area contributed by atoms with Gasteiger partial charge in [0.15, 0.2) is 0 Å². The fraction of sp³-hybridized carbons (Fsp3) is 0.571. The highest BCUT2D eigenvalue weighted by Gasteiger charge is 2.19. The summed E-state index contributed by atoms with van der Waals surface area (Å²) in [6.07, 6.45) is 0.164. The lowest BCUT2D eigenvalue weighted by atomic mass is 10.1.